The van der Waals surface area contributed by atoms with E-state index in [1.165, 1.54) is 43.6 Å². The second kappa shape index (κ2) is 15.2. The largest absolute Gasteiger partial charge is 0.478 e. The van der Waals surface area contributed by atoms with Gasteiger partial charge in [0.1, 0.15) is 25.5 Å². The number of aromatic amines is 1. The highest BCUT2D eigenvalue weighted by Gasteiger charge is 2.37. The van der Waals surface area contributed by atoms with Crippen LogP contribution in [0.2, 0.25) is 0 Å². The third-order valence-electron chi connectivity index (χ3n) is 8.59. The number of carbonyl (C=O) groups excluding carboxylic acids is 1. The summed E-state index contributed by atoms with van der Waals surface area (Å²) in [7, 11) is -1.70. The van der Waals surface area contributed by atoms with Gasteiger partial charge in [-0.2, -0.15) is 13.2 Å². The number of carbonyl (C=O) groups is 2. The lowest BCUT2D eigenvalue weighted by Gasteiger charge is -2.20. The van der Waals surface area contributed by atoms with Crippen LogP contribution >= 0.6 is 7.14 Å². The lowest BCUT2D eigenvalue weighted by atomic mass is 10.0. The second-order valence-corrected chi connectivity index (χ2v) is 16.0. The summed E-state index contributed by atoms with van der Waals surface area (Å²) in [4.78, 5) is 36.4. The molecule has 2 heterocycles. The van der Waals surface area contributed by atoms with Gasteiger partial charge < -0.3 is 34.9 Å². The molecule has 1 amide bonds. The highest BCUT2D eigenvalue weighted by Crippen LogP contribution is 2.43. The van der Waals surface area contributed by atoms with Crippen molar-refractivity contribution in [1.82, 2.24) is 25.2 Å². The minimum Gasteiger partial charge on any atom is -0.478 e. The van der Waals surface area contributed by atoms with Gasteiger partial charge in [-0.25, -0.2) is 23.9 Å². The number of alkyl halides is 4. The summed E-state index contributed by atoms with van der Waals surface area (Å²) in [5, 5.41) is 16.4. The number of carboxylic acid groups (broad SMARTS) is 1. The monoisotopic (exact) mass is 718 g/mol. The van der Waals surface area contributed by atoms with Crippen LogP contribution in [0.25, 0.3) is 22.2 Å². The van der Waals surface area contributed by atoms with Crippen molar-refractivity contribution in [3.05, 3.63) is 71.5 Å². The molecule has 0 bridgehead atoms. The van der Waals surface area contributed by atoms with Crippen molar-refractivity contribution in [2.24, 2.45) is 0 Å². The van der Waals surface area contributed by atoms with Gasteiger partial charge in [0, 0.05) is 47.8 Å². The van der Waals surface area contributed by atoms with Crippen LogP contribution in [-0.4, -0.2) is 88.7 Å². The number of amides is 1. The molecule has 3 atom stereocenters. The van der Waals surface area contributed by atoms with Gasteiger partial charge >= 0.3 is 18.2 Å². The first-order valence-electron chi connectivity index (χ1n) is 16.0. The van der Waals surface area contributed by atoms with E-state index in [9.17, 15) is 36.8 Å². The average Bonchev–Trinajstić information content (AvgIpc) is 3.69. The van der Waals surface area contributed by atoms with E-state index in [1.54, 1.807) is 0 Å². The molecule has 2 aromatic carbocycles. The molecule has 0 radical (unpaired) electrons. The maximum absolute atomic E-state index is 14.7. The van der Waals surface area contributed by atoms with Crippen LogP contribution in [0.4, 0.5) is 28.3 Å². The summed E-state index contributed by atoms with van der Waals surface area (Å²) >= 11 is 0. The van der Waals surface area contributed by atoms with Gasteiger partial charge in [-0.1, -0.05) is 36.4 Å². The number of H-pyrrole nitrogens is 1. The zero-order valence-electron chi connectivity index (χ0n) is 27.8. The van der Waals surface area contributed by atoms with Crippen LogP contribution in [0.15, 0.2) is 54.9 Å². The molecule has 1 unspecified atom stereocenters. The smallest absolute Gasteiger partial charge is 0.419 e. The van der Waals surface area contributed by atoms with E-state index in [0.717, 1.165) is 12.0 Å². The topological polar surface area (TPSA) is 150 Å². The third kappa shape index (κ3) is 8.80. The van der Waals surface area contributed by atoms with E-state index in [1.807, 2.05) is 30.3 Å². The Morgan fingerprint density at radius 2 is 1.86 bits per heavy atom. The standard InChI is InChI=1S/C34H39F4N6O5P/c1-44(33(47)49-19-20-7-5-4-6-8-20)18-21(35)13-14-39-22-9-10-23(15-22)42-32-41-17-27(34(36,37)38)28(43-32)26-16-40-29-24(26)11-12-25(31(45)46)30(29)50(2,3)48/h4-8,11-12,16-17,21-23,39-40H,9-10,13-15,18-19H2,1-3H3,(H,45,46)(H,41,42,43)/t21?,22-,23-/m0/s1. The first kappa shape index (κ1) is 36.8. The van der Waals surface area contributed by atoms with E-state index >= 15 is 0 Å². The Bertz CT molecular complexity index is 1880. The highest BCUT2D eigenvalue weighted by molar-refractivity contribution is 7.70. The van der Waals surface area contributed by atoms with Gasteiger partial charge in [0.2, 0.25) is 5.95 Å². The number of aromatic nitrogens is 3. The van der Waals surface area contributed by atoms with Crippen LogP contribution in [0, 0.1) is 0 Å². The van der Waals surface area contributed by atoms with Crippen LogP contribution in [0.3, 0.4) is 0 Å². The summed E-state index contributed by atoms with van der Waals surface area (Å²) in [5.41, 5.74) is -0.620. The molecule has 2 aromatic heterocycles. The van der Waals surface area contributed by atoms with Crippen molar-refractivity contribution in [3.63, 3.8) is 0 Å². The summed E-state index contributed by atoms with van der Waals surface area (Å²) in [6.45, 7) is 3.13. The zero-order valence-corrected chi connectivity index (χ0v) is 28.7. The zero-order chi connectivity index (χ0) is 36.2. The Balaban J connectivity index is 1.20. The number of nitrogens with one attached hydrogen (secondary N) is 3. The second-order valence-electron chi connectivity index (χ2n) is 12.8. The van der Waals surface area contributed by atoms with Gasteiger partial charge in [0.05, 0.1) is 23.3 Å². The van der Waals surface area contributed by atoms with Gasteiger partial charge in [0.25, 0.3) is 0 Å². The number of fused-ring (bicyclic) bond motifs is 1. The molecular formula is C34H39F4N6O5P. The average molecular weight is 719 g/mol. The van der Waals surface area contributed by atoms with Crippen molar-refractivity contribution in [3.8, 4) is 11.3 Å². The van der Waals surface area contributed by atoms with Crippen LogP contribution < -0.4 is 15.9 Å². The van der Waals surface area contributed by atoms with Crippen molar-refractivity contribution < 1.29 is 41.6 Å². The Morgan fingerprint density at radius 1 is 1.14 bits per heavy atom. The van der Waals surface area contributed by atoms with Crippen molar-refractivity contribution >= 4 is 41.4 Å². The van der Waals surface area contributed by atoms with E-state index < -0.39 is 42.8 Å². The Kier molecular flexibility index (Phi) is 11.2. The fourth-order valence-corrected chi connectivity index (χ4v) is 7.67. The highest BCUT2D eigenvalue weighted by atomic mass is 31.2. The molecule has 1 saturated carbocycles. The lowest BCUT2D eigenvalue weighted by Crippen LogP contribution is -2.35. The van der Waals surface area contributed by atoms with E-state index in [0.29, 0.717) is 25.6 Å². The molecule has 0 saturated heterocycles. The van der Waals surface area contributed by atoms with Crippen LogP contribution in [-0.2, 0) is 22.1 Å². The molecule has 1 aliphatic rings. The lowest BCUT2D eigenvalue weighted by molar-refractivity contribution is -0.137. The number of halogens is 4. The Morgan fingerprint density at radius 3 is 2.54 bits per heavy atom. The molecule has 1 fully saturated rings. The molecule has 50 heavy (non-hydrogen) atoms. The molecule has 0 spiro atoms. The molecule has 4 aromatic rings. The van der Waals surface area contributed by atoms with E-state index in [-0.39, 0.29) is 64.9 Å². The summed E-state index contributed by atoms with van der Waals surface area (Å²) in [5.74, 6) is -1.32. The number of ether oxygens (including phenoxy) is 1. The minimum atomic E-state index is -4.79. The maximum atomic E-state index is 14.7. The van der Waals surface area contributed by atoms with Gasteiger partial charge in [0.15, 0.2) is 0 Å². The summed E-state index contributed by atoms with van der Waals surface area (Å²) in [6, 6.07) is 11.7. The fourth-order valence-electron chi connectivity index (χ4n) is 6.19. The molecular weight excluding hydrogens is 679 g/mol. The summed E-state index contributed by atoms with van der Waals surface area (Å²) < 4.78 is 75.5. The number of aromatic carboxylic acids is 1. The van der Waals surface area contributed by atoms with Crippen LogP contribution in [0.5, 0.6) is 0 Å². The molecule has 11 nitrogen and oxygen atoms in total. The Labute approximate surface area is 286 Å². The maximum Gasteiger partial charge on any atom is 0.419 e. The SMILES string of the molecule is CN(CC(F)CCN[C@H]1CC[C@H](Nc2ncc(C(F)(F)F)c(-c3c[nH]c4c(P(C)(C)=O)c(C(=O)O)ccc34)n2)C1)C(=O)OCc1ccccc1. The molecule has 268 valence electrons. The number of carboxylic acids is 1. The minimum absolute atomic E-state index is 0.0157. The number of anilines is 1. The molecule has 4 N–H and O–H groups in total. The number of hydrogen-bond acceptors (Lipinski definition) is 8. The third-order valence-corrected chi connectivity index (χ3v) is 10.1. The number of nitrogens with zero attached hydrogens (tertiary/aromatic N) is 3. The number of hydrogen-bond donors (Lipinski definition) is 4. The first-order chi connectivity index (χ1) is 23.6. The predicted octanol–water partition coefficient (Wildman–Crippen LogP) is 6.51. The number of benzene rings is 2. The quantitative estimate of drug-likeness (QED) is 0.0897. The molecule has 16 heteroatoms. The molecule has 1 aliphatic carbocycles. The van der Waals surface area contributed by atoms with Gasteiger partial charge in [-0.15, -0.1) is 0 Å². The van der Waals surface area contributed by atoms with Gasteiger partial charge in [-0.3, -0.25) is 0 Å². The van der Waals surface area contributed by atoms with Crippen molar-refractivity contribution in [2.75, 3.05) is 38.8 Å². The fraction of sp³-hybridized carbons (Fsp3) is 0.412. The summed E-state index contributed by atoms with van der Waals surface area (Å²) in [6.07, 6.45) is -2.50. The van der Waals surface area contributed by atoms with Gasteiger partial charge in [-0.05, 0) is 57.2 Å². The van der Waals surface area contributed by atoms with Crippen molar-refractivity contribution in [1.29, 1.82) is 0 Å². The Hall–Kier alpha value is -4.49. The molecule has 5 rings (SSSR count). The normalized spacial score (nSPS) is 17.1. The predicted molar refractivity (Wildman–Crippen MR) is 182 cm³/mol. The van der Waals surface area contributed by atoms with E-state index in [4.69, 9.17) is 4.74 Å². The first-order valence-corrected chi connectivity index (χ1v) is 18.6. The number of rotatable bonds is 13. The van der Waals surface area contributed by atoms with Crippen molar-refractivity contribution in [2.45, 2.75) is 56.7 Å². The van der Waals surface area contributed by atoms with E-state index in [2.05, 4.69) is 25.6 Å². The molecule has 0 aliphatic heterocycles. The van der Waals surface area contributed by atoms with Crippen LogP contribution in [0.1, 0.15) is 47.2 Å².